The van der Waals surface area contributed by atoms with E-state index >= 15 is 0 Å². The van der Waals surface area contributed by atoms with Crippen molar-refractivity contribution >= 4 is 5.97 Å². The number of hydrogen-bond donors (Lipinski definition) is 1. The minimum Gasteiger partial charge on any atom is -0.497 e. The largest absolute Gasteiger partial charge is 0.497 e. The number of aliphatic hydroxyl groups is 1. The number of benzene rings is 1. The maximum absolute atomic E-state index is 11.2. The Kier molecular flexibility index (Phi) is 4.12. The molecule has 1 N–H and O–H groups in total. The predicted molar refractivity (Wildman–Crippen MR) is 54.6 cm³/mol. The van der Waals surface area contributed by atoms with Gasteiger partial charge in [-0.25, -0.2) is 4.79 Å². The quantitative estimate of drug-likeness (QED) is 0.761. The van der Waals surface area contributed by atoms with Gasteiger partial charge in [0, 0.05) is 0 Å². The van der Waals surface area contributed by atoms with Crippen molar-refractivity contribution in [2.75, 3.05) is 13.7 Å². The number of carbonyl (C=O) groups is 1. The molecule has 0 aliphatic rings. The maximum atomic E-state index is 11.2. The Labute approximate surface area is 88.4 Å². The molecule has 0 spiro atoms. The first-order chi connectivity index (χ1) is 7.19. The third-order valence-corrected chi connectivity index (χ3v) is 1.92. The molecule has 4 nitrogen and oxygen atoms in total. The zero-order valence-corrected chi connectivity index (χ0v) is 8.77. The highest BCUT2D eigenvalue weighted by Gasteiger charge is 2.18. The Bertz CT molecular complexity index is 335. The summed E-state index contributed by atoms with van der Waals surface area (Å²) in [5.74, 6) is -0.0541. The monoisotopic (exact) mass is 210 g/mol. The van der Waals surface area contributed by atoms with Gasteiger partial charge in [-0.1, -0.05) is 12.1 Å². The summed E-state index contributed by atoms with van der Waals surface area (Å²) < 4.78 is 9.68. The molecule has 0 saturated heterocycles. The maximum Gasteiger partial charge on any atom is 0.339 e. The van der Waals surface area contributed by atoms with Crippen LogP contribution in [-0.4, -0.2) is 24.8 Å². The zero-order valence-electron chi connectivity index (χ0n) is 8.77. The van der Waals surface area contributed by atoms with Crippen LogP contribution in [0.4, 0.5) is 0 Å². The molecule has 15 heavy (non-hydrogen) atoms. The average molecular weight is 210 g/mol. The van der Waals surface area contributed by atoms with Gasteiger partial charge < -0.3 is 14.6 Å². The molecule has 0 aliphatic carbocycles. The number of esters is 1. The van der Waals surface area contributed by atoms with Crippen LogP contribution in [0.3, 0.4) is 0 Å². The fraction of sp³-hybridized carbons (Fsp3) is 0.364. The van der Waals surface area contributed by atoms with Crippen LogP contribution in [0.1, 0.15) is 18.6 Å². The van der Waals surface area contributed by atoms with E-state index in [0.717, 1.165) is 0 Å². The van der Waals surface area contributed by atoms with Crippen molar-refractivity contribution in [3.63, 3.8) is 0 Å². The molecule has 1 rings (SSSR count). The Hall–Kier alpha value is -1.55. The third-order valence-electron chi connectivity index (χ3n) is 1.92. The van der Waals surface area contributed by atoms with Crippen LogP contribution in [0.15, 0.2) is 24.3 Å². The van der Waals surface area contributed by atoms with Crippen molar-refractivity contribution < 1.29 is 19.4 Å². The summed E-state index contributed by atoms with van der Waals surface area (Å²) in [6, 6.07) is 6.68. The fourth-order valence-corrected chi connectivity index (χ4v) is 1.17. The van der Waals surface area contributed by atoms with Crippen LogP contribution in [0.25, 0.3) is 0 Å². The summed E-state index contributed by atoms with van der Waals surface area (Å²) in [5.41, 5.74) is 0.466. The zero-order chi connectivity index (χ0) is 11.3. The molecule has 0 amide bonds. The van der Waals surface area contributed by atoms with E-state index in [0.29, 0.717) is 11.3 Å². The van der Waals surface area contributed by atoms with Gasteiger partial charge in [0.1, 0.15) is 5.75 Å². The Morgan fingerprint density at radius 1 is 1.53 bits per heavy atom. The lowest BCUT2D eigenvalue weighted by Crippen LogP contribution is -2.15. The van der Waals surface area contributed by atoms with Gasteiger partial charge in [0.25, 0.3) is 0 Å². The SMILES string of the molecule is CCOC(=O)[C@@H](O)c1cccc(OC)c1. The highest BCUT2D eigenvalue weighted by Crippen LogP contribution is 2.19. The molecular weight excluding hydrogens is 196 g/mol. The first kappa shape index (κ1) is 11.5. The highest BCUT2D eigenvalue weighted by atomic mass is 16.5. The van der Waals surface area contributed by atoms with Crippen LogP contribution in [-0.2, 0) is 9.53 Å². The van der Waals surface area contributed by atoms with Gasteiger partial charge in [-0.2, -0.15) is 0 Å². The van der Waals surface area contributed by atoms with Gasteiger partial charge in [0.2, 0.25) is 0 Å². The number of methoxy groups -OCH3 is 1. The molecule has 0 fully saturated rings. The minimum atomic E-state index is -1.25. The van der Waals surface area contributed by atoms with Crippen LogP contribution in [0.5, 0.6) is 5.75 Å². The molecule has 0 aromatic heterocycles. The summed E-state index contributed by atoms with van der Waals surface area (Å²) >= 11 is 0. The predicted octanol–water partition coefficient (Wildman–Crippen LogP) is 1.29. The van der Waals surface area contributed by atoms with Crippen molar-refractivity contribution in [1.82, 2.24) is 0 Å². The second-order valence-electron chi connectivity index (χ2n) is 2.93. The van der Waals surface area contributed by atoms with E-state index in [2.05, 4.69) is 0 Å². The van der Waals surface area contributed by atoms with Crippen LogP contribution in [0.2, 0.25) is 0 Å². The van der Waals surface area contributed by atoms with Gasteiger partial charge in [0.15, 0.2) is 6.10 Å². The number of hydrogen-bond acceptors (Lipinski definition) is 4. The van der Waals surface area contributed by atoms with E-state index in [1.165, 1.54) is 7.11 Å². The lowest BCUT2D eigenvalue weighted by atomic mass is 10.1. The second kappa shape index (κ2) is 5.36. The van der Waals surface area contributed by atoms with E-state index in [-0.39, 0.29) is 6.61 Å². The van der Waals surface area contributed by atoms with Crippen molar-refractivity contribution in [1.29, 1.82) is 0 Å². The molecule has 0 aliphatic heterocycles. The third kappa shape index (κ3) is 2.95. The molecule has 0 saturated carbocycles. The van der Waals surface area contributed by atoms with Crippen LogP contribution in [0, 0.1) is 0 Å². The Balaban J connectivity index is 2.81. The molecule has 0 bridgehead atoms. The summed E-state index contributed by atoms with van der Waals surface area (Å²) in [5, 5.41) is 9.61. The standard InChI is InChI=1S/C11H14O4/c1-3-15-11(13)10(12)8-5-4-6-9(7-8)14-2/h4-7,10,12H,3H2,1-2H3/t10-/m0/s1. The van der Waals surface area contributed by atoms with E-state index in [1.807, 2.05) is 0 Å². The highest BCUT2D eigenvalue weighted by molar-refractivity contribution is 5.76. The molecule has 82 valence electrons. The summed E-state index contributed by atoms with van der Waals surface area (Å²) in [7, 11) is 1.52. The molecule has 1 aromatic carbocycles. The van der Waals surface area contributed by atoms with Gasteiger partial charge >= 0.3 is 5.97 Å². The first-order valence-electron chi connectivity index (χ1n) is 4.67. The summed E-state index contributed by atoms with van der Waals surface area (Å²) in [4.78, 5) is 11.2. The summed E-state index contributed by atoms with van der Waals surface area (Å²) in [6.07, 6.45) is -1.25. The fourth-order valence-electron chi connectivity index (χ4n) is 1.17. The normalized spacial score (nSPS) is 11.9. The molecule has 1 atom stereocenters. The van der Waals surface area contributed by atoms with E-state index < -0.39 is 12.1 Å². The molecule has 0 radical (unpaired) electrons. The molecule has 1 aromatic rings. The van der Waals surface area contributed by atoms with Crippen molar-refractivity contribution in [3.8, 4) is 5.75 Å². The smallest absolute Gasteiger partial charge is 0.339 e. The summed E-state index contributed by atoms with van der Waals surface area (Å²) in [6.45, 7) is 1.94. The second-order valence-corrected chi connectivity index (χ2v) is 2.93. The van der Waals surface area contributed by atoms with E-state index in [4.69, 9.17) is 9.47 Å². The topological polar surface area (TPSA) is 55.8 Å². The van der Waals surface area contributed by atoms with Crippen molar-refractivity contribution in [3.05, 3.63) is 29.8 Å². The van der Waals surface area contributed by atoms with Gasteiger partial charge in [-0.15, -0.1) is 0 Å². The van der Waals surface area contributed by atoms with E-state index in [1.54, 1.807) is 31.2 Å². The van der Waals surface area contributed by atoms with Crippen LogP contribution >= 0.6 is 0 Å². The van der Waals surface area contributed by atoms with Crippen molar-refractivity contribution in [2.24, 2.45) is 0 Å². The Morgan fingerprint density at radius 3 is 2.87 bits per heavy atom. The van der Waals surface area contributed by atoms with Crippen molar-refractivity contribution in [2.45, 2.75) is 13.0 Å². The van der Waals surface area contributed by atoms with Crippen LogP contribution < -0.4 is 4.74 Å². The van der Waals surface area contributed by atoms with Gasteiger partial charge in [-0.3, -0.25) is 0 Å². The lowest BCUT2D eigenvalue weighted by Gasteiger charge is -2.10. The molecule has 4 heteroatoms. The van der Waals surface area contributed by atoms with Gasteiger partial charge in [-0.05, 0) is 24.6 Å². The molecule has 0 unspecified atom stereocenters. The number of carbonyl (C=O) groups excluding carboxylic acids is 1. The minimum absolute atomic E-state index is 0.250. The number of aliphatic hydroxyl groups excluding tert-OH is 1. The first-order valence-corrected chi connectivity index (χ1v) is 4.67. The number of ether oxygens (including phenoxy) is 2. The molecule has 0 heterocycles. The average Bonchev–Trinajstić information content (AvgIpc) is 2.28. The van der Waals surface area contributed by atoms with E-state index in [9.17, 15) is 9.90 Å². The van der Waals surface area contributed by atoms with Gasteiger partial charge in [0.05, 0.1) is 13.7 Å². The Morgan fingerprint density at radius 2 is 2.27 bits per heavy atom. The molecular formula is C11H14O4. The number of rotatable bonds is 4. The lowest BCUT2D eigenvalue weighted by molar-refractivity contribution is -0.153.